The number of nitrogens with zero attached hydrogens (tertiary/aromatic N) is 1. The van der Waals surface area contributed by atoms with Crippen molar-refractivity contribution in [2.24, 2.45) is 5.92 Å². The largest absolute Gasteiger partial charge is 0.416 e. The van der Waals surface area contributed by atoms with Gasteiger partial charge in [0, 0.05) is 18.8 Å². The van der Waals surface area contributed by atoms with E-state index >= 15 is 0 Å². The Labute approximate surface area is 173 Å². The number of anilines is 1. The number of amides is 2. The maximum absolute atomic E-state index is 12.7. The number of rotatable bonds is 7. The van der Waals surface area contributed by atoms with Gasteiger partial charge in [0.05, 0.1) is 11.8 Å². The SMILES string of the molecule is CC(C)CN(Cc1cccc(OS(C)(=O)=O)c1)C(=O)Nc1ccc(C(F)(F)F)cc1. The van der Waals surface area contributed by atoms with Crippen molar-refractivity contribution in [3.8, 4) is 5.75 Å². The van der Waals surface area contributed by atoms with E-state index in [2.05, 4.69) is 5.32 Å². The summed E-state index contributed by atoms with van der Waals surface area (Å²) in [5.41, 5.74) is 0.0671. The average molecular weight is 444 g/mol. The number of benzene rings is 2. The van der Waals surface area contributed by atoms with Crippen LogP contribution in [-0.4, -0.2) is 32.1 Å². The highest BCUT2D eigenvalue weighted by molar-refractivity contribution is 7.86. The zero-order chi connectivity index (χ0) is 22.5. The number of nitrogens with one attached hydrogen (secondary N) is 1. The van der Waals surface area contributed by atoms with E-state index in [-0.39, 0.29) is 23.9 Å². The monoisotopic (exact) mass is 444 g/mol. The molecule has 164 valence electrons. The fourth-order valence-corrected chi connectivity index (χ4v) is 3.15. The molecular weight excluding hydrogens is 421 g/mol. The molecule has 2 rings (SSSR count). The first-order chi connectivity index (χ1) is 13.8. The Hall–Kier alpha value is -2.75. The molecule has 2 aromatic carbocycles. The highest BCUT2D eigenvalue weighted by Crippen LogP contribution is 2.30. The lowest BCUT2D eigenvalue weighted by atomic mass is 10.1. The highest BCUT2D eigenvalue weighted by atomic mass is 32.2. The summed E-state index contributed by atoms with van der Waals surface area (Å²) in [6.45, 7) is 4.37. The lowest BCUT2D eigenvalue weighted by Gasteiger charge is -2.25. The number of urea groups is 1. The Bertz CT molecular complexity index is 974. The Balaban J connectivity index is 2.15. The van der Waals surface area contributed by atoms with E-state index in [1.54, 1.807) is 12.1 Å². The van der Waals surface area contributed by atoms with Gasteiger partial charge in [0.25, 0.3) is 0 Å². The van der Waals surface area contributed by atoms with Crippen molar-refractivity contribution in [2.45, 2.75) is 26.6 Å². The van der Waals surface area contributed by atoms with Crippen molar-refractivity contribution in [1.82, 2.24) is 4.90 Å². The number of halogens is 3. The van der Waals surface area contributed by atoms with E-state index in [4.69, 9.17) is 4.18 Å². The van der Waals surface area contributed by atoms with E-state index < -0.39 is 27.9 Å². The van der Waals surface area contributed by atoms with Crippen LogP contribution in [0.4, 0.5) is 23.7 Å². The van der Waals surface area contributed by atoms with Gasteiger partial charge in [0.1, 0.15) is 5.75 Å². The molecule has 0 fully saturated rings. The molecule has 0 bridgehead atoms. The molecule has 0 radical (unpaired) electrons. The number of carbonyl (C=O) groups excluding carboxylic acids is 1. The second-order valence-corrected chi connectivity index (χ2v) is 8.79. The van der Waals surface area contributed by atoms with Crippen molar-refractivity contribution in [3.63, 3.8) is 0 Å². The average Bonchev–Trinajstić information content (AvgIpc) is 2.59. The van der Waals surface area contributed by atoms with Crippen molar-refractivity contribution < 1.29 is 30.6 Å². The predicted octanol–water partition coefficient (Wildman–Crippen LogP) is 4.73. The first-order valence-corrected chi connectivity index (χ1v) is 10.9. The topological polar surface area (TPSA) is 75.7 Å². The van der Waals surface area contributed by atoms with Gasteiger partial charge in [-0.2, -0.15) is 21.6 Å². The van der Waals surface area contributed by atoms with Gasteiger partial charge >= 0.3 is 22.3 Å². The molecule has 1 N–H and O–H groups in total. The molecule has 0 atom stereocenters. The first-order valence-electron chi connectivity index (χ1n) is 9.05. The molecule has 0 aliphatic carbocycles. The minimum absolute atomic E-state index is 0.124. The summed E-state index contributed by atoms with van der Waals surface area (Å²) >= 11 is 0. The smallest absolute Gasteiger partial charge is 0.383 e. The van der Waals surface area contributed by atoms with Crippen LogP contribution in [0.5, 0.6) is 5.75 Å². The number of carbonyl (C=O) groups is 1. The Morgan fingerprint density at radius 1 is 1.13 bits per heavy atom. The van der Waals surface area contributed by atoms with Crippen LogP contribution in [-0.2, 0) is 22.8 Å². The van der Waals surface area contributed by atoms with Gasteiger partial charge in [-0.1, -0.05) is 26.0 Å². The van der Waals surface area contributed by atoms with Gasteiger partial charge in [-0.15, -0.1) is 0 Å². The Morgan fingerprint density at radius 2 is 1.77 bits per heavy atom. The summed E-state index contributed by atoms with van der Waals surface area (Å²) in [5.74, 6) is 0.251. The summed E-state index contributed by atoms with van der Waals surface area (Å²) in [4.78, 5) is 14.2. The molecule has 6 nitrogen and oxygen atoms in total. The van der Waals surface area contributed by atoms with Crippen LogP contribution in [0.2, 0.25) is 0 Å². The lowest BCUT2D eigenvalue weighted by Crippen LogP contribution is -2.37. The van der Waals surface area contributed by atoms with Crippen molar-refractivity contribution >= 4 is 21.8 Å². The summed E-state index contributed by atoms with van der Waals surface area (Å²) < 4.78 is 65.5. The van der Waals surface area contributed by atoms with Crippen LogP contribution in [0.25, 0.3) is 0 Å². The van der Waals surface area contributed by atoms with Crippen LogP contribution in [0.3, 0.4) is 0 Å². The molecule has 0 aliphatic rings. The molecule has 0 aromatic heterocycles. The predicted molar refractivity (Wildman–Crippen MR) is 108 cm³/mol. The lowest BCUT2D eigenvalue weighted by molar-refractivity contribution is -0.137. The van der Waals surface area contributed by atoms with E-state index in [1.807, 2.05) is 13.8 Å². The number of alkyl halides is 3. The standard InChI is InChI=1S/C20H23F3N2O4S/c1-14(2)12-25(13-15-5-4-6-18(11-15)29-30(3,27)28)19(26)24-17-9-7-16(8-10-17)20(21,22)23/h4-11,14H,12-13H2,1-3H3,(H,24,26). The van der Waals surface area contributed by atoms with Gasteiger partial charge in [0.15, 0.2) is 0 Å². The quantitative estimate of drug-likeness (QED) is 0.627. The van der Waals surface area contributed by atoms with Crippen LogP contribution in [0, 0.1) is 5.92 Å². The van der Waals surface area contributed by atoms with Crippen LogP contribution in [0.15, 0.2) is 48.5 Å². The third-order valence-electron chi connectivity index (χ3n) is 3.86. The van der Waals surface area contributed by atoms with Gasteiger partial charge in [-0.05, 0) is 47.9 Å². The maximum atomic E-state index is 12.7. The summed E-state index contributed by atoms with van der Waals surface area (Å²) in [7, 11) is -3.69. The molecule has 10 heteroatoms. The Kier molecular flexibility index (Phi) is 7.35. The van der Waals surface area contributed by atoms with Gasteiger partial charge < -0.3 is 14.4 Å². The second-order valence-electron chi connectivity index (χ2n) is 7.21. The van der Waals surface area contributed by atoms with Crippen LogP contribution >= 0.6 is 0 Å². The maximum Gasteiger partial charge on any atom is 0.416 e. The van der Waals surface area contributed by atoms with Crippen molar-refractivity contribution in [1.29, 1.82) is 0 Å². The minimum atomic E-state index is -4.45. The second kappa shape index (κ2) is 9.38. The fourth-order valence-electron chi connectivity index (χ4n) is 2.70. The molecule has 0 spiro atoms. The third kappa shape index (κ3) is 7.58. The Morgan fingerprint density at radius 3 is 2.30 bits per heavy atom. The molecule has 2 aromatic rings. The fraction of sp³-hybridized carbons (Fsp3) is 0.350. The molecule has 0 heterocycles. The van der Waals surface area contributed by atoms with E-state index in [0.29, 0.717) is 12.1 Å². The van der Waals surface area contributed by atoms with Crippen LogP contribution < -0.4 is 9.50 Å². The van der Waals surface area contributed by atoms with Crippen LogP contribution in [0.1, 0.15) is 25.0 Å². The van der Waals surface area contributed by atoms with E-state index in [9.17, 15) is 26.4 Å². The highest BCUT2D eigenvalue weighted by Gasteiger charge is 2.30. The van der Waals surface area contributed by atoms with Gasteiger partial charge in [-0.3, -0.25) is 0 Å². The molecule has 0 saturated heterocycles. The minimum Gasteiger partial charge on any atom is -0.383 e. The normalized spacial score (nSPS) is 12.0. The van der Waals surface area contributed by atoms with Gasteiger partial charge in [0.2, 0.25) is 0 Å². The summed E-state index contributed by atoms with van der Waals surface area (Å²) in [6.07, 6.45) is -3.52. The van der Waals surface area contributed by atoms with E-state index in [1.165, 1.54) is 29.2 Å². The zero-order valence-corrected chi connectivity index (χ0v) is 17.5. The zero-order valence-electron chi connectivity index (χ0n) is 16.7. The number of hydrogen-bond acceptors (Lipinski definition) is 4. The first kappa shape index (κ1) is 23.5. The van der Waals surface area contributed by atoms with E-state index in [0.717, 1.165) is 18.4 Å². The molecule has 30 heavy (non-hydrogen) atoms. The van der Waals surface area contributed by atoms with Gasteiger partial charge in [-0.25, -0.2) is 4.79 Å². The summed E-state index contributed by atoms with van der Waals surface area (Å²) in [5, 5.41) is 2.59. The molecule has 0 saturated carbocycles. The summed E-state index contributed by atoms with van der Waals surface area (Å²) in [6, 6.07) is 10.0. The molecular formula is C20H23F3N2O4S. The third-order valence-corrected chi connectivity index (χ3v) is 4.35. The van der Waals surface area contributed by atoms with Crippen molar-refractivity contribution in [3.05, 3.63) is 59.7 Å². The molecule has 2 amide bonds. The molecule has 0 unspecified atom stereocenters. The van der Waals surface area contributed by atoms with Crippen molar-refractivity contribution in [2.75, 3.05) is 18.1 Å². The molecule has 0 aliphatic heterocycles. The number of hydrogen-bond donors (Lipinski definition) is 1.